The van der Waals surface area contributed by atoms with E-state index < -0.39 is 53.9 Å². The van der Waals surface area contributed by atoms with Gasteiger partial charge in [-0.05, 0) is 50.6 Å². The topological polar surface area (TPSA) is 230 Å². The van der Waals surface area contributed by atoms with Crippen molar-refractivity contribution in [2.45, 2.75) is 83.1 Å². The summed E-state index contributed by atoms with van der Waals surface area (Å²) in [6.07, 6.45) is 2.15. The number of nitrogens with one attached hydrogen (secondary N) is 5. The van der Waals surface area contributed by atoms with Crippen molar-refractivity contribution in [3.63, 3.8) is 0 Å². The monoisotopic (exact) mass is 588 g/mol. The SMILES string of the molecule is CC(C)[C@H](NC(=O)[C@H](C)NC(=O)[C@H](CCCN=C(N)N)NC(=O)[C@H](Cc1ccccc1)NC(=O)[C@@H]1CCCN1)C(=O)O. The van der Waals surface area contributed by atoms with Crippen molar-refractivity contribution in [3.8, 4) is 0 Å². The minimum atomic E-state index is -1.19. The van der Waals surface area contributed by atoms with E-state index in [2.05, 4.69) is 31.6 Å². The minimum Gasteiger partial charge on any atom is -0.480 e. The number of benzene rings is 1. The van der Waals surface area contributed by atoms with Crippen LogP contribution in [0.15, 0.2) is 35.3 Å². The number of hydrogen-bond acceptors (Lipinski definition) is 7. The molecule has 1 aliphatic heterocycles. The smallest absolute Gasteiger partial charge is 0.326 e. The quantitative estimate of drug-likeness (QED) is 0.0653. The molecule has 0 bridgehead atoms. The molecule has 1 saturated heterocycles. The van der Waals surface area contributed by atoms with Gasteiger partial charge in [-0.2, -0.15) is 0 Å². The van der Waals surface area contributed by atoms with E-state index in [-0.39, 0.29) is 37.2 Å². The van der Waals surface area contributed by atoms with Crippen molar-refractivity contribution in [2.75, 3.05) is 13.1 Å². The molecule has 1 heterocycles. The van der Waals surface area contributed by atoms with Gasteiger partial charge in [0.25, 0.3) is 0 Å². The summed E-state index contributed by atoms with van der Waals surface area (Å²) >= 11 is 0. The summed E-state index contributed by atoms with van der Waals surface area (Å²) < 4.78 is 0. The van der Waals surface area contributed by atoms with E-state index >= 15 is 0 Å². The van der Waals surface area contributed by atoms with Crippen molar-refractivity contribution in [1.29, 1.82) is 0 Å². The molecule has 0 spiro atoms. The Morgan fingerprint density at radius 3 is 2.19 bits per heavy atom. The van der Waals surface area contributed by atoms with E-state index in [9.17, 15) is 29.1 Å². The summed E-state index contributed by atoms with van der Waals surface area (Å²) in [7, 11) is 0. The lowest BCUT2D eigenvalue weighted by molar-refractivity contribution is -0.143. The van der Waals surface area contributed by atoms with E-state index in [4.69, 9.17) is 11.5 Å². The number of aliphatic carboxylic acids is 1. The van der Waals surface area contributed by atoms with Crippen LogP contribution in [0.1, 0.15) is 52.0 Å². The molecule has 0 aromatic heterocycles. The second kappa shape index (κ2) is 16.9. The lowest BCUT2D eigenvalue weighted by Crippen LogP contribution is -2.58. The number of carboxylic acids is 1. The maximum atomic E-state index is 13.5. The molecule has 232 valence electrons. The van der Waals surface area contributed by atoms with Crippen LogP contribution in [0.25, 0.3) is 0 Å². The Hall–Kier alpha value is -4.20. The van der Waals surface area contributed by atoms with Crippen LogP contribution in [0.5, 0.6) is 0 Å². The lowest BCUT2D eigenvalue weighted by Gasteiger charge is -2.26. The fraction of sp³-hybridized carbons (Fsp3) is 0.571. The average molecular weight is 589 g/mol. The number of guanidine groups is 1. The van der Waals surface area contributed by atoms with E-state index in [1.165, 1.54) is 6.92 Å². The molecule has 1 aromatic carbocycles. The molecule has 14 heteroatoms. The highest BCUT2D eigenvalue weighted by Gasteiger charge is 2.32. The van der Waals surface area contributed by atoms with Crippen LogP contribution < -0.4 is 38.1 Å². The fourth-order valence-electron chi connectivity index (χ4n) is 4.46. The molecule has 5 atom stereocenters. The van der Waals surface area contributed by atoms with Gasteiger partial charge in [0.05, 0.1) is 6.04 Å². The molecular formula is C28H44N8O6. The molecule has 0 unspecified atom stereocenters. The molecule has 1 aliphatic rings. The van der Waals surface area contributed by atoms with Crippen LogP contribution >= 0.6 is 0 Å². The van der Waals surface area contributed by atoms with Gasteiger partial charge in [-0.15, -0.1) is 0 Å². The first kappa shape index (κ1) is 34.0. The van der Waals surface area contributed by atoms with Gasteiger partial charge in [-0.1, -0.05) is 44.2 Å². The van der Waals surface area contributed by atoms with Gasteiger partial charge in [0.2, 0.25) is 23.6 Å². The van der Waals surface area contributed by atoms with E-state index in [1.807, 2.05) is 30.3 Å². The number of amides is 4. The molecule has 42 heavy (non-hydrogen) atoms. The Kier molecular flexibility index (Phi) is 13.7. The molecular weight excluding hydrogens is 544 g/mol. The van der Waals surface area contributed by atoms with Gasteiger partial charge in [0.15, 0.2) is 5.96 Å². The van der Waals surface area contributed by atoms with Crippen LogP contribution in [-0.4, -0.2) is 84.0 Å². The average Bonchev–Trinajstić information content (AvgIpc) is 3.48. The summed E-state index contributed by atoms with van der Waals surface area (Å²) in [5.41, 5.74) is 11.6. The number of aliphatic imine (C=N–C) groups is 1. The van der Waals surface area contributed by atoms with Crippen molar-refractivity contribution >= 4 is 35.6 Å². The summed E-state index contributed by atoms with van der Waals surface area (Å²) in [5, 5.41) is 23.0. The standard InChI is InChI=1S/C28H44N8O6/c1-16(2)22(27(41)42)36-23(37)17(3)33-25(39)20(12-8-14-32-28(29)30)34-26(40)21(15-18-9-5-4-6-10-18)35-24(38)19-11-7-13-31-19/h4-6,9-10,16-17,19-22,31H,7-8,11-15H2,1-3H3,(H,33,39)(H,34,40)(H,35,38)(H,36,37)(H,41,42)(H4,29,30,32)/t17-,19-,20-,21-,22-/m0/s1. The molecule has 0 saturated carbocycles. The number of hydrogen-bond donors (Lipinski definition) is 8. The fourth-order valence-corrected chi connectivity index (χ4v) is 4.46. The molecule has 4 amide bonds. The van der Waals surface area contributed by atoms with Gasteiger partial charge in [0, 0.05) is 13.0 Å². The van der Waals surface area contributed by atoms with Gasteiger partial charge in [-0.25, -0.2) is 4.79 Å². The van der Waals surface area contributed by atoms with E-state index in [0.29, 0.717) is 19.4 Å². The van der Waals surface area contributed by atoms with Crippen LogP contribution in [0.3, 0.4) is 0 Å². The van der Waals surface area contributed by atoms with Crippen molar-refractivity contribution < 1.29 is 29.1 Å². The van der Waals surface area contributed by atoms with Crippen LogP contribution in [-0.2, 0) is 30.4 Å². The van der Waals surface area contributed by atoms with Crippen molar-refractivity contribution in [1.82, 2.24) is 26.6 Å². The minimum absolute atomic E-state index is 0.116. The van der Waals surface area contributed by atoms with Crippen molar-refractivity contribution in [3.05, 3.63) is 35.9 Å². The third-order valence-electron chi connectivity index (χ3n) is 6.85. The highest BCUT2D eigenvalue weighted by Crippen LogP contribution is 2.09. The predicted molar refractivity (Wildman–Crippen MR) is 157 cm³/mol. The predicted octanol–water partition coefficient (Wildman–Crippen LogP) is -1.27. The summed E-state index contributed by atoms with van der Waals surface area (Å²) in [6.45, 7) is 5.62. The Morgan fingerprint density at radius 1 is 0.952 bits per heavy atom. The first-order chi connectivity index (χ1) is 19.9. The third kappa shape index (κ3) is 11.4. The molecule has 0 radical (unpaired) electrons. The van der Waals surface area contributed by atoms with Gasteiger partial charge in [-0.3, -0.25) is 24.2 Å². The van der Waals surface area contributed by atoms with E-state index in [0.717, 1.165) is 12.0 Å². The second-order valence-corrected chi connectivity index (χ2v) is 10.7. The number of carbonyl (C=O) groups is 5. The molecule has 1 fully saturated rings. The molecule has 10 N–H and O–H groups in total. The molecule has 1 aromatic rings. The number of nitrogens with two attached hydrogens (primary N) is 2. The zero-order valence-electron chi connectivity index (χ0n) is 24.4. The maximum Gasteiger partial charge on any atom is 0.326 e. The summed E-state index contributed by atoms with van der Waals surface area (Å²) in [6, 6.07) is 4.45. The Bertz CT molecular complexity index is 1100. The Balaban J connectivity index is 2.18. The summed E-state index contributed by atoms with van der Waals surface area (Å²) in [4.78, 5) is 67.8. The van der Waals surface area contributed by atoms with Crippen LogP contribution in [0.2, 0.25) is 0 Å². The van der Waals surface area contributed by atoms with Gasteiger partial charge in [0.1, 0.15) is 24.2 Å². The van der Waals surface area contributed by atoms with Gasteiger partial charge >= 0.3 is 5.97 Å². The lowest BCUT2D eigenvalue weighted by atomic mass is 10.0. The Morgan fingerprint density at radius 2 is 1.62 bits per heavy atom. The molecule has 14 nitrogen and oxygen atoms in total. The third-order valence-corrected chi connectivity index (χ3v) is 6.85. The van der Waals surface area contributed by atoms with E-state index in [1.54, 1.807) is 13.8 Å². The highest BCUT2D eigenvalue weighted by molar-refractivity contribution is 5.95. The second-order valence-electron chi connectivity index (χ2n) is 10.7. The van der Waals surface area contributed by atoms with Gasteiger partial charge < -0.3 is 43.2 Å². The number of carboxylic acid groups (broad SMARTS) is 1. The van der Waals surface area contributed by atoms with Crippen molar-refractivity contribution in [2.24, 2.45) is 22.4 Å². The van der Waals surface area contributed by atoms with Crippen LogP contribution in [0, 0.1) is 5.92 Å². The largest absolute Gasteiger partial charge is 0.480 e. The zero-order chi connectivity index (χ0) is 31.2. The first-order valence-corrected chi connectivity index (χ1v) is 14.2. The molecule has 2 rings (SSSR count). The number of carbonyl (C=O) groups excluding carboxylic acids is 4. The maximum absolute atomic E-state index is 13.5. The number of rotatable bonds is 16. The summed E-state index contributed by atoms with van der Waals surface area (Å²) in [5.74, 6) is -3.91. The highest BCUT2D eigenvalue weighted by atomic mass is 16.4. The zero-order valence-corrected chi connectivity index (χ0v) is 24.4. The number of nitrogens with zero attached hydrogens (tertiary/aromatic N) is 1. The molecule has 0 aliphatic carbocycles. The first-order valence-electron chi connectivity index (χ1n) is 14.2. The van der Waals surface area contributed by atoms with Crippen LogP contribution in [0.4, 0.5) is 0 Å². The Labute approximate surface area is 245 Å². The normalized spacial score (nSPS) is 17.3.